The molecule has 0 rings (SSSR count). The highest BCUT2D eigenvalue weighted by Gasteiger charge is 2.05. The maximum atomic E-state index is 4.98. The molecule has 0 aromatic carbocycles. The Morgan fingerprint density at radius 2 is 1.85 bits per heavy atom. The lowest BCUT2D eigenvalue weighted by atomic mass is 9.94. The van der Waals surface area contributed by atoms with Gasteiger partial charge in [-0.2, -0.15) is 0 Å². The van der Waals surface area contributed by atoms with Crippen LogP contribution in [0.15, 0.2) is 12.2 Å². The van der Waals surface area contributed by atoms with Crippen LogP contribution in [0.1, 0.15) is 27.2 Å². The second kappa shape index (κ2) is 7.32. The summed E-state index contributed by atoms with van der Waals surface area (Å²) in [4.78, 5) is 0. The molecule has 0 saturated carbocycles. The molecule has 0 amide bonds. The zero-order valence-electron chi connectivity index (χ0n) is 8.59. The molecular weight excluding hydrogens is 158 g/mol. The van der Waals surface area contributed by atoms with E-state index >= 15 is 0 Å². The molecule has 13 heavy (non-hydrogen) atoms. The molecule has 2 N–H and O–H groups in total. The van der Waals surface area contributed by atoms with Crippen molar-refractivity contribution in [1.29, 1.82) is 0 Å². The van der Waals surface area contributed by atoms with Crippen molar-refractivity contribution in [1.82, 2.24) is 0 Å². The van der Waals surface area contributed by atoms with Crippen molar-refractivity contribution in [3.8, 4) is 23.8 Å². The Hall–Kier alpha value is -1.34. The van der Waals surface area contributed by atoms with Gasteiger partial charge in [0.05, 0.1) is 0 Å². The molecule has 0 spiro atoms. The first kappa shape index (κ1) is 11.7. The minimum Gasteiger partial charge on any atom is -0.359 e. The fraction of sp³-hybridized carbons (Fsp3) is 0.500. The van der Waals surface area contributed by atoms with Crippen LogP contribution >= 0.6 is 0 Å². The molecule has 70 valence electrons. The Labute approximate surface area is 81.4 Å². The molecule has 0 aromatic rings. The van der Waals surface area contributed by atoms with Crippen molar-refractivity contribution in [2.75, 3.05) is 0 Å². The van der Waals surface area contributed by atoms with Gasteiger partial charge >= 0.3 is 0 Å². The van der Waals surface area contributed by atoms with Crippen LogP contribution in [0.5, 0.6) is 0 Å². The molecule has 0 aromatic heterocycles. The fourth-order valence-corrected chi connectivity index (χ4v) is 0.807. The highest BCUT2D eigenvalue weighted by Crippen LogP contribution is 2.12. The zero-order valence-corrected chi connectivity index (χ0v) is 8.59. The van der Waals surface area contributed by atoms with E-state index in [0.29, 0.717) is 11.8 Å². The molecule has 0 saturated heterocycles. The van der Waals surface area contributed by atoms with Gasteiger partial charge in [0.25, 0.3) is 0 Å². The van der Waals surface area contributed by atoms with E-state index in [1.165, 1.54) is 6.42 Å². The van der Waals surface area contributed by atoms with E-state index in [2.05, 4.69) is 44.6 Å². The average molecular weight is 175 g/mol. The van der Waals surface area contributed by atoms with Crippen molar-refractivity contribution in [2.45, 2.75) is 27.2 Å². The van der Waals surface area contributed by atoms with Gasteiger partial charge in [-0.25, -0.2) is 0 Å². The highest BCUT2D eigenvalue weighted by atomic mass is 14.4. The maximum absolute atomic E-state index is 4.98. The summed E-state index contributed by atoms with van der Waals surface area (Å²) in [6, 6.07) is 2.29. The van der Waals surface area contributed by atoms with Crippen LogP contribution in [-0.2, 0) is 0 Å². The Morgan fingerprint density at radius 1 is 1.23 bits per heavy atom. The normalized spacial score (nSPS) is 13.8. The highest BCUT2D eigenvalue weighted by molar-refractivity contribution is 5.24. The molecule has 0 aliphatic carbocycles. The van der Waals surface area contributed by atoms with Gasteiger partial charge < -0.3 is 5.73 Å². The third-order valence-corrected chi connectivity index (χ3v) is 2.14. The average Bonchev–Trinajstić information content (AvgIpc) is 2.16. The lowest BCUT2D eigenvalue weighted by Gasteiger charge is -2.10. The summed E-state index contributed by atoms with van der Waals surface area (Å²) in [5.74, 6) is 9.80. The van der Waals surface area contributed by atoms with Crippen LogP contribution in [0.3, 0.4) is 0 Å². The van der Waals surface area contributed by atoms with Gasteiger partial charge in [0.2, 0.25) is 0 Å². The zero-order chi connectivity index (χ0) is 10.1. The molecule has 0 bridgehead atoms. The molecule has 0 fully saturated rings. The largest absolute Gasteiger partial charge is 0.359 e. The number of rotatable bonds is 2. The lowest BCUT2D eigenvalue weighted by Crippen LogP contribution is -2.03. The quantitative estimate of drug-likeness (QED) is 0.505. The molecule has 0 aliphatic rings. The standard InChI is InChI=1S/C12H17N/c1-4-11(2)12(3)9-7-5-6-8-10-13/h5-6,11-12H,4,13H2,1-3H3/b6-5-. The van der Waals surface area contributed by atoms with E-state index in [1.807, 2.05) is 0 Å². The summed E-state index contributed by atoms with van der Waals surface area (Å²) in [6.07, 6.45) is 4.57. The molecular formula is C12H17N. The van der Waals surface area contributed by atoms with Crippen LogP contribution < -0.4 is 5.73 Å². The number of hydrogen-bond acceptors (Lipinski definition) is 1. The van der Waals surface area contributed by atoms with Crippen LogP contribution in [0.4, 0.5) is 0 Å². The lowest BCUT2D eigenvalue weighted by molar-refractivity contribution is 0.459. The minimum absolute atomic E-state index is 0.445. The third-order valence-electron chi connectivity index (χ3n) is 2.14. The first-order valence-electron chi connectivity index (χ1n) is 4.59. The molecule has 0 heterocycles. The van der Waals surface area contributed by atoms with E-state index < -0.39 is 0 Å². The molecule has 0 radical (unpaired) electrons. The van der Waals surface area contributed by atoms with E-state index in [9.17, 15) is 0 Å². The summed E-state index contributed by atoms with van der Waals surface area (Å²) in [5, 5.41) is 0. The van der Waals surface area contributed by atoms with Gasteiger partial charge in [0.1, 0.15) is 0 Å². The van der Waals surface area contributed by atoms with Crippen LogP contribution in [0.25, 0.3) is 0 Å². The van der Waals surface area contributed by atoms with Gasteiger partial charge in [0, 0.05) is 12.0 Å². The maximum Gasteiger partial charge on any atom is 0.0203 e. The van der Waals surface area contributed by atoms with E-state index in [4.69, 9.17) is 5.73 Å². The Kier molecular flexibility index (Phi) is 6.56. The Bertz CT molecular complexity index is 267. The Balaban J connectivity index is 4.00. The second-order valence-corrected chi connectivity index (χ2v) is 3.08. The van der Waals surface area contributed by atoms with Crippen LogP contribution in [0.2, 0.25) is 0 Å². The van der Waals surface area contributed by atoms with Crippen molar-refractivity contribution < 1.29 is 0 Å². The van der Waals surface area contributed by atoms with Gasteiger partial charge in [-0.3, -0.25) is 0 Å². The van der Waals surface area contributed by atoms with E-state index in [1.54, 1.807) is 12.2 Å². The molecule has 2 unspecified atom stereocenters. The monoisotopic (exact) mass is 175 g/mol. The van der Waals surface area contributed by atoms with Crippen molar-refractivity contribution in [2.24, 2.45) is 17.6 Å². The molecule has 1 nitrogen and oxygen atoms in total. The molecule has 1 heteroatoms. The van der Waals surface area contributed by atoms with Gasteiger partial charge in [-0.1, -0.05) is 45.0 Å². The minimum atomic E-state index is 0.445. The summed E-state index contributed by atoms with van der Waals surface area (Å²) in [6.45, 7) is 6.53. The van der Waals surface area contributed by atoms with E-state index in [0.717, 1.165) is 0 Å². The summed E-state index contributed by atoms with van der Waals surface area (Å²) < 4.78 is 0. The number of allylic oxidation sites excluding steroid dienone is 2. The first-order valence-corrected chi connectivity index (χ1v) is 4.59. The van der Waals surface area contributed by atoms with Crippen LogP contribution in [0, 0.1) is 35.6 Å². The summed E-state index contributed by atoms with van der Waals surface area (Å²) in [7, 11) is 0. The second-order valence-electron chi connectivity index (χ2n) is 3.08. The predicted molar refractivity (Wildman–Crippen MR) is 57.5 cm³/mol. The van der Waals surface area contributed by atoms with Gasteiger partial charge in [-0.15, -0.1) is 0 Å². The predicted octanol–water partition coefficient (Wildman–Crippen LogP) is 2.15. The topological polar surface area (TPSA) is 26.0 Å². The van der Waals surface area contributed by atoms with Crippen molar-refractivity contribution in [3.05, 3.63) is 12.2 Å². The fourth-order valence-electron chi connectivity index (χ4n) is 0.807. The van der Waals surface area contributed by atoms with Crippen molar-refractivity contribution in [3.63, 3.8) is 0 Å². The SMILES string of the molecule is CCC(C)C(C)C#C/C=C\C#CN. The summed E-state index contributed by atoms with van der Waals surface area (Å²) >= 11 is 0. The molecule has 0 aliphatic heterocycles. The van der Waals surface area contributed by atoms with Gasteiger partial charge in [0.15, 0.2) is 0 Å². The van der Waals surface area contributed by atoms with Crippen LogP contribution in [-0.4, -0.2) is 0 Å². The number of nitrogens with two attached hydrogens (primary N) is 1. The summed E-state index contributed by atoms with van der Waals surface area (Å²) in [5.41, 5.74) is 4.98. The smallest absolute Gasteiger partial charge is 0.0203 e. The van der Waals surface area contributed by atoms with Crippen molar-refractivity contribution >= 4 is 0 Å². The molecule has 2 atom stereocenters. The Morgan fingerprint density at radius 3 is 2.38 bits per heavy atom. The van der Waals surface area contributed by atoms with E-state index in [-0.39, 0.29) is 0 Å². The third kappa shape index (κ3) is 5.88. The first-order chi connectivity index (χ1) is 6.22. The van der Waals surface area contributed by atoms with Gasteiger partial charge in [-0.05, 0) is 18.1 Å². The number of hydrogen-bond donors (Lipinski definition) is 1.